The van der Waals surface area contributed by atoms with Crippen LogP contribution in [0.1, 0.15) is 52.4 Å². The zero-order chi connectivity index (χ0) is 12.3. The number of hydrogen-bond acceptors (Lipinski definition) is 2. The van der Waals surface area contributed by atoms with Crippen LogP contribution in [-0.2, 0) is 4.74 Å². The van der Waals surface area contributed by atoms with Crippen LogP contribution >= 0.6 is 0 Å². The van der Waals surface area contributed by atoms with Gasteiger partial charge in [-0.1, -0.05) is 39.5 Å². The van der Waals surface area contributed by atoms with E-state index in [0.29, 0.717) is 17.8 Å². The maximum absolute atomic E-state index is 10.7. The van der Waals surface area contributed by atoms with E-state index in [-0.39, 0.29) is 6.10 Å². The van der Waals surface area contributed by atoms with Gasteiger partial charge >= 0.3 is 0 Å². The van der Waals surface area contributed by atoms with E-state index in [4.69, 9.17) is 4.74 Å². The second-order valence-electron chi connectivity index (χ2n) is 6.11. The van der Waals surface area contributed by atoms with Gasteiger partial charge in [0.2, 0.25) is 0 Å². The zero-order valence-electron chi connectivity index (χ0n) is 11.4. The fourth-order valence-electron chi connectivity index (χ4n) is 3.91. The first-order chi connectivity index (χ1) is 8.24. The molecule has 2 nitrogen and oxygen atoms in total. The van der Waals surface area contributed by atoms with Crippen molar-refractivity contribution >= 4 is 0 Å². The highest BCUT2D eigenvalue weighted by molar-refractivity contribution is 4.87. The number of hydrogen-bond donors (Lipinski definition) is 1. The Morgan fingerprint density at radius 3 is 2.65 bits per heavy atom. The van der Waals surface area contributed by atoms with Crippen LogP contribution in [0.5, 0.6) is 0 Å². The van der Waals surface area contributed by atoms with Crippen LogP contribution in [0, 0.1) is 23.7 Å². The first-order valence-corrected chi connectivity index (χ1v) is 7.49. The molecule has 0 amide bonds. The molecule has 0 radical (unpaired) electrons. The lowest BCUT2D eigenvalue weighted by Gasteiger charge is -2.41. The van der Waals surface area contributed by atoms with Crippen molar-refractivity contribution in [1.82, 2.24) is 0 Å². The molecule has 1 aliphatic heterocycles. The molecule has 2 heteroatoms. The molecule has 0 aromatic heterocycles. The summed E-state index contributed by atoms with van der Waals surface area (Å²) in [7, 11) is 0. The standard InChI is InChI=1S/C15H28O2/c1-3-12-6-4-5-7-14(12)15(16)13-8-9-17-10-11(13)2/h11-16H,3-10H2,1-2H3. The number of aliphatic hydroxyl groups excluding tert-OH is 1. The summed E-state index contributed by atoms with van der Waals surface area (Å²) in [4.78, 5) is 0. The third-order valence-electron chi connectivity index (χ3n) is 5.08. The van der Waals surface area contributed by atoms with Gasteiger partial charge in [0, 0.05) is 13.2 Å². The second-order valence-corrected chi connectivity index (χ2v) is 6.11. The van der Waals surface area contributed by atoms with Crippen LogP contribution in [0.4, 0.5) is 0 Å². The summed E-state index contributed by atoms with van der Waals surface area (Å²) in [6.07, 6.45) is 7.45. The minimum atomic E-state index is -0.0841. The Bertz CT molecular complexity index is 229. The molecule has 17 heavy (non-hydrogen) atoms. The molecule has 1 saturated heterocycles. The van der Waals surface area contributed by atoms with Crippen LogP contribution in [-0.4, -0.2) is 24.4 Å². The van der Waals surface area contributed by atoms with Gasteiger partial charge in [-0.15, -0.1) is 0 Å². The average molecular weight is 240 g/mol. The third kappa shape index (κ3) is 3.03. The lowest BCUT2D eigenvalue weighted by Crippen LogP contribution is -2.41. The van der Waals surface area contributed by atoms with E-state index in [2.05, 4.69) is 13.8 Å². The zero-order valence-corrected chi connectivity index (χ0v) is 11.4. The number of rotatable bonds is 3. The molecule has 1 heterocycles. The fourth-order valence-corrected chi connectivity index (χ4v) is 3.91. The Morgan fingerprint density at radius 1 is 1.18 bits per heavy atom. The topological polar surface area (TPSA) is 29.5 Å². The van der Waals surface area contributed by atoms with Crippen molar-refractivity contribution in [3.05, 3.63) is 0 Å². The quantitative estimate of drug-likeness (QED) is 0.820. The van der Waals surface area contributed by atoms with Crippen LogP contribution in [0.25, 0.3) is 0 Å². The first kappa shape index (κ1) is 13.4. The molecule has 1 aliphatic carbocycles. The Morgan fingerprint density at radius 2 is 1.94 bits per heavy atom. The lowest BCUT2D eigenvalue weighted by molar-refractivity contribution is -0.0682. The Kier molecular flexibility index (Phi) is 4.87. The van der Waals surface area contributed by atoms with Crippen molar-refractivity contribution in [2.24, 2.45) is 23.7 Å². The minimum absolute atomic E-state index is 0.0841. The number of ether oxygens (including phenoxy) is 1. The van der Waals surface area contributed by atoms with E-state index in [0.717, 1.165) is 25.6 Å². The van der Waals surface area contributed by atoms with E-state index >= 15 is 0 Å². The Labute approximate surface area is 106 Å². The van der Waals surface area contributed by atoms with E-state index in [9.17, 15) is 5.11 Å². The van der Waals surface area contributed by atoms with Crippen molar-refractivity contribution in [2.75, 3.05) is 13.2 Å². The Hall–Kier alpha value is -0.0800. The van der Waals surface area contributed by atoms with E-state index in [1.807, 2.05) is 0 Å². The SMILES string of the molecule is CCC1CCCCC1C(O)C1CCOCC1C. The summed E-state index contributed by atoms with van der Waals surface area (Å²) in [5, 5.41) is 10.7. The highest BCUT2D eigenvalue weighted by Gasteiger charge is 2.37. The van der Waals surface area contributed by atoms with Crippen molar-refractivity contribution in [2.45, 2.75) is 58.5 Å². The first-order valence-electron chi connectivity index (χ1n) is 7.49. The number of aliphatic hydroxyl groups is 1. The summed E-state index contributed by atoms with van der Waals surface area (Å²) in [6, 6.07) is 0. The summed E-state index contributed by atoms with van der Waals surface area (Å²) in [6.45, 7) is 6.20. The van der Waals surface area contributed by atoms with Crippen molar-refractivity contribution in [3.8, 4) is 0 Å². The average Bonchev–Trinajstić information content (AvgIpc) is 2.38. The van der Waals surface area contributed by atoms with E-state index in [1.165, 1.54) is 32.1 Å². The van der Waals surface area contributed by atoms with E-state index in [1.54, 1.807) is 0 Å². The van der Waals surface area contributed by atoms with Gasteiger partial charge in [0.05, 0.1) is 6.10 Å². The van der Waals surface area contributed by atoms with Crippen LogP contribution in [0.15, 0.2) is 0 Å². The molecule has 2 rings (SSSR count). The largest absolute Gasteiger partial charge is 0.393 e. The van der Waals surface area contributed by atoms with Crippen LogP contribution < -0.4 is 0 Å². The van der Waals surface area contributed by atoms with Gasteiger partial charge < -0.3 is 9.84 Å². The molecule has 0 bridgehead atoms. The van der Waals surface area contributed by atoms with Crippen LogP contribution in [0.2, 0.25) is 0 Å². The summed E-state index contributed by atoms with van der Waals surface area (Å²) >= 11 is 0. The third-order valence-corrected chi connectivity index (χ3v) is 5.08. The molecule has 0 aromatic rings. The fraction of sp³-hybridized carbons (Fsp3) is 1.00. The molecule has 100 valence electrons. The Balaban J connectivity index is 1.98. The molecule has 1 saturated carbocycles. The molecule has 5 atom stereocenters. The monoisotopic (exact) mass is 240 g/mol. The van der Waals surface area contributed by atoms with Crippen molar-refractivity contribution in [1.29, 1.82) is 0 Å². The highest BCUT2D eigenvalue weighted by Crippen LogP contribution is 2.39. The minimum Gasteiger partial charge on any atom is -0.393 e. The molecular weight excluding hydrogens is 212 g/mol. The van der Waals surface area contributed by atoms with Crippen LogP contribution in [0.3, 0.4) is 0 Å². The van der Waals surface area contributed by atoms with Gasteiger partial charge in [-0.05, 0) is 36.5 Å². The van der Waals surface area contributed by atoms with Crippen molar-refractivity contribution in [3.63, 3.8) is 0 Å². The lowest BCUT2D eigenvalue weighted by atomic mass is 9.69. The summed E-state index contributed by atoms with van der Waals surface area (Å²) in [5.41, 5.74) is 0. The smallest absolute Gasteiger partial charge is 0.0603 e. The highest BCUT2D eigenvalue weighted by atomic mass is 16.5. The van der Waals surface area contributed by atoms with Gasteiger partial charge in [0.1, 0.15) is 0 Å². The van der Waals surface area contributed by atoms with Gasteiger partial charge in [-0.3, -0.25) is 0 Å². The maximum atomic E-state index is 10.7. The molecular formula is C15H28O2. The van der Waals surface area contributed by atoms with Gasteiger partial charge in [-0.25, -0.2) is 0 Å². The normalized spacial score (nSPS) is 41.1. The molecule has 0 aromatic carbocycles. The van der Waals surface area contributed by atoms with Gasteiger partial charge in [-0.2, -0.15) is 0 Å². The second kappa shape index (κ2) is 6.19. The maximum Gasteiger partial charge on any atom is 0.0603 e. The van der Waals surface area contributed by atoms with Gasteiger partial charge in [0.15, 0.2) is 0 Å². The van der Waals surface area contributed by atoms with E-state index < -0.39 is 0 Å². The summed E-state index contributed by atoms with van der Waals surface area (Å²) < 4.78 is 5.49. The predicted molar refractivity (Wildman–Crippen MR) is 69.8 cm³/mol. The van der Waals surface area contributed by atoms with Gasteiger partial charge in [0.25, 0.3) is 0 Å². The molecule has 0 spiro atoms. The molecule has 2 aliphatic rings. The molecule has 2 fully saturated rings. The summed E-state index contributed by atoms with van der Waals surface area (Å²) in [5.74, 6) is 2.31. The predicted octanol–water partition coefficient (Wildman–Crippen LogP) is 3.24. The molecule has 5 unspecified atom stereocenters. The van der Waals surface area contributed by atoms with Crippen molar-refractivity contribution < 1.29 is 9.84 Å². The molecule has 1 N–H and O–H groups in total.